The number of carbonyl (C=O) groups is 2. The SMILES string of the molecule is O=C1[C@@H]2CCCN2C(=O)N1c1ccc(C(F)(F)F)cc1. The number of rotatable bonds is 1. The van der Waals surface area contributed by atoms with E-state index in [0.717, 1.165) is 35.6 Å². The average molecular weight is 284 g/mol. The van der Waals surface area contributed by atoms with Gasteiger partial charge in [-0.15, -0.1) is 0 Å². The number of fused-ring (bicyclic) bond motifs is 1. The van der Waals surface area contributed by atoms with E-state index < -0.39 is 23.8 Å². The van der Waals surface area contributed by atoms with E-state index in [-0.39, 0.29) is 11.6 Å². The third-order valence-electron chi connectivity index (χ3n) is 3.65. The van der Waals surface area contributed by atoms with Crippen molar-refractivity contribution in [3.63, 3.8) is 0 Å². The number of halogens is 3. The van der Waals surface area contributed by atoms with Gasteiger partial charge in [-0.3, -0.25) is 4.79 Å². The summed E-state index contributed by atoms with van der Waals surface area (Å²) in [6.45, 7) is 0.520. The summed E-state index contributed by atoms with van der Waals surface area (Å²) in [7, 11) is 0. The van der Waals surface area contributed by atoms with Crippen molar-refractivity contribution < 1.29 is 22.8 Å². The maximum absolute atomic E-state index is 12.5. The van der Waals surface area contributed by atoms with Crippen molar-refractivity contribution in [3.05, 3.63) is 29.8 Å². The number of urea groups is 1. The predicted molar refractivity (Wildman–Crippen MR) is 64.1 cm³/mol. The Bertz CT molecular complexity index is 546. The molecule has 0 aliphatic carbocycles. The second-order valence-corrected chi connectivity index (χ2v) is 4.85. The number of carbonyl (C=O) groups excluding carboxylic acids is 2. The number of nitrogens with zero attached hydrogens (tertiary/aromatic N) is 2. The molecule has 1 atom stereocenters. The Balaban J connectivity index is 1.90. The van der Waals surface area contributed by atoms with Crippen LogP contribution in [0.1, 0.15) is 18.4 Å². The number of amides is 3. The van der Waals surface area contributed by atoms with Crippen LogP contribution in [0.15, 0.2) is 24.3 Å². The van der Waals surface area contributed by atoms with Crippen molar-refractivity contribution in [3.8, 4) is 0 Å². The Hall–Kier alpha value is -2.05. The molecule has 2 aliphatic heterocycles. The minimum atomic E-state index is -4.43. The number of hydrogen-bond donors (Lipinski definition) is 0. The van der Waals surface area contributed by atoms with Crippen LogP contribution in [-0.4, -0.2) is 29.4 Å². The van der Waals surface area contributed by atoms with Gasteiger partial charge in [-0.1, -0.05) is 0 Å². The third kappa shape index (κ3) is 1.85. The van der Waals surface area contributed by atoms with Crippen LogP contribution < -0.4 is 4.90 Å². The normalized spacial score (nSPS) is 22.6. The van der Waals surface area contributed by atoms with Crippen LogP contribution in [0.5, 0.6) is 0 Å². The van der Waals surface area contributed by atoms with Crippen LogP contribution >= 0.6 is 0 Å². The zero-order chi connectivity index (χ0) is 14.5. The lowest BCUT2D eigenvalue weighted by atomic mass is 10.1. The molecule has 7 heteroatoms. The van der Waals surface area contributed by atoms with Gasteiger partial charge in [0, 0.05) is 6.54 Å². The molecule has 2 heterocycles. The molecule has 20 heavy (non-hydrogen) atoms. The largest absolute Gasteiger partial charge is 0.416 e. The highest BCUT2D eigenvalue weighted by Crippen LogP contribution is 2.34. The summed E-state index contributed by atoms with van der Waals surface area (Å²) in [5, 5.41) is 0. The van der Waals surface area contributed by atoms with Crippen LogP contribution in [0.4, 0.5) is 23.7 Å². The predicted octanol–water partition coefficient (Wildman–Crippen LogP) is 2.64. The van der Waals surface area contributed by atoms with Crippen LogP contribution in [0.2, 0.25) is 0 Å². The molecule has 1 aromatic carbocycles. The third-order valence-corrected chi connectivity index (χ3v) is 3.65. The highest BCUT2D eigenvalue weighted by Gasteiger charge is 2.48. The van der Waals surface area contributed by atoms with E-state index in [1.54, 1.807) is 0 Å². The van der Waals surface area contributed by atoms with E-state index in [0.29, 0.717) is 13.0 Å². The van der Waals surface area contributed by atoms with Gasteiger partial charge in [0.2, 0.25) is 0 Å². The van der Waals surface area contributed by atoms with Gasteiger partial charge in [0.15, 0.2) is 0 Å². The summed E-state index contributed by atoms with van der Waals surface area (Å²) in [4.78, 5) is 26.6. The van der Waals surface area contributed by atoms with Gasteiger partial charge >= 0.3 is 12.2 Å². The molecule has 2 saturated heterocycles. The Labute approximate surface area is 112 Å². The molecule has 0 bridgehead atoms. The number of anilines is 1. The second kappa shape index (κ2) is 4.22. The zero-order valence-corrected chi connectivity index (χ0v) is 10.4. The zero-order valence-electron chi connectivity index (χ0n) is 10.4. The fourth-order valence-electron chi connectivity index (χ4n) is 2.66. The molecule has 0 unspecified atom stereocenters. The molecule has 1 aromatic rings. The Morgan fingerprint density at radius 2 is 1.75 bits per heavy atom. The second-order valence-electron chi connectivity index (χ2n) is 4.85. The van der Waals surface area contributed by atoms with Crippen molar-refractivity contribution in [1.82, 2.24) is 4.90 Å². The van der Waals surface area contributed by atoms with Crippen LogP contribution in [0.3, 0.4) is 0 Å². The van der Waals surface area contributed by atoms with E-state index in [1.807, 2.05) is 0 Å². The minimum Gasteiger partial charge on any atom is -0.312 e. The van der Waals surface area contributed by atoms with E-state index >= 15 is 0 Å². The fourth-order valence-corrected chi connectivity index (χ4v) is 2.66. The molecule has 0 spiro atoms. The molecule has 3 rings (SSSR count). The van der Waals surface area contributed by atoms with Crippen molar-refractivity contribution in [1.29, 1.82) is 0 Å². The van der Waals surface area contributed by atoms with Gasteiger partial charge in [0.05, 0.1) is 11.3 Å². The number of benzene rings is 1. The Kier molecular flexibility index (Phi) is 2.74. The number of imide groups is 1. The first-order chi connectivity index (χ1) is 9.39. The van der Waals surface area contributed by atoms with Crippen molar-refractivity contribution in [2.45, 2.75) is 25.1 Å². The van der Waals surface area contributed by atoms with E-state index in [4.69, 9.17) is 0 Å². The molecule has 3 amide bonds. The van der Waals surface area contributed by atoms with Crippen LogP contribution in [-0.2, 0) is 11.0 Å². The maximum atomic E-state index is 12.5. The smallest absolute Gasteiger partial charge is 0.312 e. The molecule has 2 aliphatic rings. The van der Waals surface area contributed by atoms with E-state index in [2.05, 4.69) is 0 Å². The monoisotopic (exact) mass is 284 g/mol. The Morgan fingerprint density at radius 3 is 2.30 bits per heavy atom. The van der Waals surface area contributed by atoms with Gasteiger partial charge in [0.1, 0.15) is 6.04 Å². The maximum Gasteiger partial charge on any atom is 0.416 e. The molecule has 0 aromatic heterocycles. The van der Waals surface area contributed by atoms with E-state index in [1.165, 1.54) is 4.90 Å². The first kappa shape index (κ1) is 13.0. The van der Waals surface area contributed by atoms with Crippen molar-refractivity contribution in [2.75, 3.05) is 11.4 Å². The lowest BCUT2D eigenvalue weighted by Gasteiger charge is -2.16. The van der Waals surface area contributed by atoms with Gasteiger partial charge in [0.25, 0.3) is 5.91 Å². The average Bonchev–Trinajstić information content (AvgIpc) is 2.94. The van der Waals surface area contributed by atoms with Crippen molar-refractivity contribution in [2.24, 2.45) is 0 Å². The van der Waals surface area contributed by atoms with Gasteiger partial charge in [-0.2, -0.15) is 13.2 Å². The van der Waals surface area contributed by atoms with E-state index in [9.17, 15) is 22.8 Å². The summed E-state index contributed by atoms with van der Waals surface area (Å²) in [6, 6.07) is 3.15. The lowest BCUT2D eigenvalue weighted by molar-refractivity contribution is -0.137. The highest BCUT2D eigenvalue weighted by atomic mass is 19.4. The van der Waals surface area contributed by atoms with Crippen LogP contribution in [0, 0.1) is 0 Å². The number of alkyl halides is 3. The van der Waals surface area contributed by atoms with Gasteiger partial charge < -0.3 is 4.90 Å². The first-order valence-electron chi connectivity index (χ1n) is 6.21. The Morgan fingerprint density at radius 1 is 1.10 bits per heavy atom. The minimum absolute atomic E-state index is 0.183. The summed E-state index contributed by atoms with van der Waals surface area (Å²) < 4.78 is 37.4. The molecule has 4 nitrogen and oxygen atoms in total. The lowest BCUT2D eigenvalue weighted by Crippen LogP contribution is -2.33. The quantitative estimate of drug-likeness (QED) is 0.744. The molecule has 106 valence electrons. The summed E-state index contributed by atoms with van der Waals surface area (Å²) in [5.41, 5.74) is -0.622. The van der Waals surface area contributed by atoms with Crippen molar-refractivity contribution >= 4 is 17.6 Å². The standard InChI is InChI=1S/C13H11F3N2O2/c14-13(15,16)8-3-5-9(6-4-8)18-11(19)10-2-1-7-17(10)12(18)20/h3-6,10H,1-2,7H2/t10-/m0/s1. The molecule has 2 fully saturated rings. The highest BCUT2D eigenvalue weighted by molar-refractivity contribution is 6.21. The summed E-state index contributed by atoms with van der Waals surface area (Å²) in [5.74, 6) is -0.354. The molecular weight excluding hydrogens is 273 g/mol. The van der Waals surface area contributed by atoms with Gasteiger partial charge in [-0.25, -0.2) is 9.69 Å². The summed E-state index contributed by atoms with van der Waals surface area (Å²) in [6.07, 6.45) is -3.04. The topological polar surface area (TPSA) is 40.6 Å². The molecule has 0 saturated carbocycles. The summed E-state index contributed by atoms with van der Waals surface area (Å²) >= 11 is 0. The van der Waals surface area contributed by atoms with Gasteiger partial charge in [-0.05, 0) is 37.1 Å². The molecule has 0 N–H and O–H groups in total. The number of hydrogen-bond acceptors (Lipinski definition) is 2. The fraction of sp³-hybridized carbons (Fsp3) is 0.385. The molecule has 0 radical (unpaired) electrons. The first-order valence-corrected chi connectivity index (χ1v) is 6.21. The molecular formula is C13H11F3N2O2. The van der Waals surface area contributed by atoms with Crippen LogP contribution in [0.25, 0.3) is 0 Å².